The molecule has 1 heterocycles. The lowest BCUT2D eigenvalue weighted by atomic mass is 10.5. The van der Waals surface area contributed by atoms with Crippen molar-refractivity contribution in [2.24, 2.45) is 0 Å². The van der Waals surface area contributed by atoms with Gasteiger partial charge in [0.1, 0.15) is 0 Å². The highest BCUT2D eigenvalue weighted by Gasteiger charge is 2.35. The van der Waals surface area contributed by atoms with Crippen LogP contribution in [0.4, 0.5) is 4.79 Å². The van der Waals surface area contributed by atoms with Crippen molar-refractivity contribution in [3.8, 4) is 0 Å². The van der Waals surface area contributed by atoms with E-state index in [1.165, 1.54) is 7.05 Å². The summed E-state index contributed by atoms with van der Waals surface area (Å²) in [7, 11) is 1.42. The molecule has 1 rings (SSSR count). The smallest absolute Gasteiger partial charge is 0.326 e. The number of ether oxygens (including phenoxy) is 1. The first-order chi connectivity index (χ1) is 5.66. The maximum absolute atomic E-state index is 11.1. The molecule has 5 heteroatoms. The second-order valence-corrected chi connectivity index (χ2v) is 2.60. The fourth-order valence-corrected chi connectivity index (χ4v) is 0.895. The number of urea groups is 1. The Kier molecular flexibility index (Phi) is 2.65. The van der Waals surface area contributed by atoms with Crippen LogP contribution in [0, 0.1) is 0 Å². The van der Waals surface area contributed by atoms with Crippen LogP contribution in [0.25, 0.3) is 0 Å². The predicted octanol–water partition coefficient (Wildman–Crippen LogP) is -0.0793. The van der Waals surface area contributed by atoms with E-state index in [2.05, 4.69) is 5.32 Å². The van der Waals surface area contributed by atoms with E-state index in [4.69, 9.17) is 4.74 Å². The SMILES string of the molecule is CCCOC1NC(=O)N(C)C1=O. The Morgan fingerprint density at radius 3 is 2.67 bits per heavy atom. The van der Waals surface area contributed by atoms with Crippen molar-refractivity contribution in [2.45, 2.75) is 19.6 Å². The third kappa shape index (κ3) is 1.55. The van der Waals surface area contributed by atoms with Crippen LogP contribution in [0.3, 0.4) is 0 Å². The van der Waals surface area contributed by atoms with Crippen LogP contribution in [-0.2, 0) is 9.53 Å². The molecule has 68 valence electrons. The highest BCUT2D eigenvalue weighted by atomic mass is 16.5. The summed E-state index contributed by atoms with van der Waals surface area (Å²) in [6.45, 7) is 2.41. The molecule has 0 aromatic rings. The molecule has 1 aliphatic rings. The van der Waals surface area contributed by atoms with Gasteiger partial charge in [-0.25, -0.2) is 4.79 Å². The topological polar surface area (TPSA) is 58.6 Å². The third-order valence-corrected chi connectivity index (χ3v) is 1.60. The zero-order chi connectivity index (χ0) is 9.14. The van der Waals surface area contributed by atoms with Crippen molar-refractivity contribution in [1.29, 1.82) is 0 Å². The number of likely N-dealkylation sites (N-methyl/N-ethyl adjacent to an activating group) is 1. The minimum atomic E-state index is -0.776. The van der Waals surface area contributed by atoms with E-state index in [0.717, 1.165) is 11.3 Å². The van der Waals surface area contributed by atoms with E-state index in [9.17, 15) is 9.59 Å². The Bertz CT molecular complexity index is 205. The zero-order valence-electron chi connectivity index (χ0n) is 7.16. The lowest BCUT2D eigenvalue weighted by molar-refractivity contribution is -0.136. The quantitative estimate of drug-likeness (QED) is 0.606. The fraction of sp³-hybridized carbons (Fsp3) is 0.714. The Morgan fingerprint density at radius 1 is 1.58 bits per heavy atom. The van der Waals surface area contributed by atoms with Gasteiger partial charge in [-0.3, -0.25) is 9.69 Å². The number of amides is 3. The van der Waals surface area contributed by atoms with Gasteiger partial charge in [-0.1, -0.05) is 6.92 Å². The molecule has 3 amide bonds. The van der Waals surface area contributed by atoms with E-state index in [1.807, 2.05) is 6.92 Å². The number of carbonyl (C=O) groups excluding carboxylic acids is 2. The van der Waals surface area contributed by atoms with Gasteiger partial charge in [-0.05, 0) is 6.42 Å². The van der Waals surface area contributed by atoms with E-state index in [1.54, 1.807) is 0 Å². The first-order valence-electron chi connectivity index (χ1n) is 3.86. The third-order valence-electron chi connectivity index (χ3n) is 1.60. The number of imide groups is 1. The number of carbonyl (C=O) groups is 2. The van der Waals surface area contributed by atoms with E-state index >= 15 is 0 Å². The molecule has 0 spiro atoms. The lowest BCUT2D eigenvalue weighted by Crippen LogP contribution is -2.32. The van der Waals surface area contributed by atoms with Crippen LogP contribution in [0.15, 0.2) is 0 Å². The molecule has 0 aromatic carbocycles. The van der Waals surface area contributed by atoms with Crippen LogP contribution in [0.5, 0.6) is 0 Å². The van der Waals surface area contributed by atoms with Crippen molar-refractivity contribution in [2.75, 3.05) is 13.7 Å². The molecule has 1 aliphatic heterocycles. The van der Waals surface area contributed by atoms with Crippen LogP contribution in [-0.4, -0.2) is 36.7 Å². The number of rotatable bonds is 3. The first kappa shape index (κ1) is 8.99. The highest BCUT2D eigenvalue weighted by molar-refractivity contribution is 6.03. The second-order valence-electron chi connectivity index (χ2n) is 2.60. The monoisotopic (exact) mass is 172 g/mol. The Morgan fingerprint density at radius 2 is 2.25 bits per heavy atom. The molecule has 1 unspecified atom stereocenters. The molecule has 0 aliphatic carbocycles. The van der Waals surface area contributed by atoms with E-state index in [-0.39, 0.29) is 5.91 Å². The molecule has 0 bridgehead atoms. The molecule has 0 aromatic heterocycles. The van der Waals surface area contributed by atoms with Crippen molar-refractivity contribution >= 4 is 11.9 Å². The highest BCUT2D eigenvalue weighted by Crippen LogP contribution is 2.04. The number of hydrogen-bond donors (Lipinski definition) is 1. The van der Waals surface area contributed by atoms with Gasteiger partial charge in [0, 0.05) is 13.7 Å². The maximum atomic E-state index is 11.1. The van der Waals surface area contributed by atoms with Gasteiger partial charge in [-0.15, -0.1) is 0 Å². The average molecular weight is 172 g/mol. The molecular weight excluding hydrogens is 160 g/mol. The Labute approximate surface area is 70.7 Å². The summed E-state index contributed by atoms with van der Waals surface area (Å²) in [5, 5.41) is 2.40. The largest absolute Gasteiger partial charge is 0.349 e. The summed E-state index contributed by atoms with van der Waals surface area (Å²) in [5.41, 5.74) is 0. The van der Waals surface area contributed by atoms with Crippen LogP contribution in [0.2, 0.25) is 0 Å². The normalized spacial score (nSPS) is 23.2. The summed E-state index contributed by atoms with van der Waals surface area (Å²) >= 11 is 0. The van der Waals surface area contributed by atoms with Gasteiger partial charge in [0.25, 0.3) is 5.91 Å². The Hall–Kier alpha value is -1.10. The summed E-state index contributed by atoms with van der Waals surface area (Å²) in [5.74, 6) is -0.326. The molecule has 1 atom stereocenters. The first-order valence-corrected chi connectivity index (χ1v) is 3.86. The standard InChI is InChI=1S/C7H12N2O3/c1-3-4-12-5-6(10)9(2)7(11)8-5/h5H,3-4H2,1-2H3,(H,8,11). The minimum absolute atomic E-state index is 0.326. The molecule has 5 nitrogen and oxygen atoms in total. The maximum Gasteiger partial charge on any atom is 0.326 e. The van der Waals surface area contributed by atoms with Crippen LogP contribution >= 0.6 is 0 Å². The second kappa shape index (κ2) is 3.53. The summed E-state index contributed by atoms with van der Waals surface area (Å²) in [6.07, 6.45) is 0.0473. The van der Waals surface area contributed by atoms with Crippen LogP contribution in [0.1, 0.15) is 13.3 Å². The van der Waals surface area contributed by atoms with Crippen molar-refractivity contribution in [3.63, 3.8) is 0 Å². The Balaban J connectivity index is 2.47. The van der Waals surface area contributed by atoms with E-state index in [0.29, 0.717) is 6.61 Å². The summed E-state index contributed by atoms with van der Waals surface area (Å²) < 4.78 is 5.08. The molecule has 1 saturated heterocycles. The van der Waals surface area contributed by atoms with Crippen molar-refractivity contribution < 1.29 is 14.3 Å². The molecule has 0 saturated carbocycles. The minimum Gasteiger partial charge on any atom is -0.349 e. The molecule has 1 N–H and O–H groups in total. The van der Waals surface area contributed by atoms with Gasteiger partial charge in [0.05, 0.1) is 0 Å². The summed E-state index contributed by atoms with van der Waals surface area (Å²) in [4.78, 5) is 23.0. The predicted molar refractivity (Wildman–Crippen MR) is 41.3 cm³/mol. The number of hydrogen-bond acceptors (Lipinski definition) is 3. The average Bonchev–Trinajstić information content (AvgIpc) is 2.30. The van der Waals surface area contributed by atoms with Gasteiger partial charge >= 0.3 is 6.03 Å². The van der Waals surface area contributed by atoms with Gasteiger partial charge in [0.15, 0.2) is 0 Å². The molecule has 0 radical (unpaired) electrons. The molecular formula is C7H12N2O3. The zero-order valence-corrected chi connectivity index (χ0v) is 7.16. The van der Waals surface area contributed by atoms with Crippen molar-refractivity contribution in [3.05, 3.63) is 0 Å². The molecule has 1 fully saturated rings. The summed E-state index contributed by atoms with van der Waals surface area (Å²) in [6, 6.07) is -0.402. The van der Waals surface area contributed by atoms with Crippen molar-refractivity contribution in [1.82, 2.24) is 10.2 Å². The number of nitrogens with zero attached hydrogens (tertiary/aromatic N) is 1. The fourth-order valence-electron chi connectivity index (χ4n) is 0.895. The van der Waals surface area contributed by atoms with Gasteiger partial charge in [-0.2, -0.15) is 0 Å². The van der Waals surface area contributed by atoms with Crippen LogP contribution < -0.4 is 5.32 Å². The number of nitrogens with one attached hydrogen (secondary N) is 1. The van der Waals surface area contributed by atoms with Gasteiger partial charge < -0.3 is 10.1 Å². The lowest BCUT2D eigenvalue weighted by Gasteiger charge is -2.07. The molecule has 12 heavy (non-hydrogen) atoms. The van der Waals surface area contributed by atoms with Gasteiger partial charge in [0.2, 0.25) is 6.23 Å². The van der Waals surface area contributed by atoms with E-state index < -0.39 is 12.3 Å².